The fourth-order valence-electron chi connectivity index (χ4n) is 3.54. The Morgan fingerprint density at radius 3 is 2.81 bits per heavy atom. The molecule has 0 amide bonds. The van der Waals surface area contributed by atoms with E-state index in [4.69, 9.17) is 0 Å². The van der Waals surface area contributed by atoms with Gasteiger partial charge in [-0.05, 0) is 34.7 Å². The van der Waals surface area contributed by atoms with Gasteiger partial charge in [-0.2, -0.15) is 11.3 Å². The summed E-state index contributed by atoms with van der Waals surface area (Å²) in [5, 5.41) is 13.6. The van der Waals surface area contributed by atoms with E-state index in [9.17, 15) is 14.7 Å². The van der Waals surface area contributed by atoms with Crippen molar-refractivity contribution in [1.29, 1.82) is 0 Å². The molecule has 5 heteroatoms. The van der Waals surface area contributed by atoms with E-state index in [1.807, 2.05) is 10.3 Å². The van der Waals surface area contributed by atoms with Gasteiger partial charge in [0.1, 0.15) is 12.3 Å². The average molecular weight is 307 g/mol. The summed E-state index contributed by atoms with van der Waals surface area (Å²) in [5.74, 6) is -0.113. The van der Waals surface area contributed by atoms with Gasteiger partial charge in [0.2, 0.25) is 0 Å². The molecule has 2 heterocycles. The van der Waals surface area contributed by atoms with E-state index in [1.165, 1.54) is 12.0 Å². The number of likely N-dealkylation sites (tertiary alicyclic amines) is 1. The molecule has 1 N–H and O–H groups in total. The number of hydrogen-bond donors (Lipinski definition) is 1. The standard InChI is InChI=1S/C16H21NO3S/c18-9-13-7-17(8-14(13)12-4-5-21-10-12)15(16(19)20)6-11-2-1-3-11/h4-5,9-11,13-15H,1-3,6-8H2,(H,19,20)/t13-,14-,15?/m1/s1. The molecule has 1 aliphatic heterocycles. The van der Waals surface area contributed by atoms with Crippen molar-refractivity contribution >= 4 is 23.6 Å². The quantitative estimate of drug-likeness (QED) is 0.821. The molecule has 4 nitrogen and oxygen atoms in total. The van der Waals surface area contributed by atoms with Crippen molar-refractivity contribution in [1.82, 2.24) is 4.90 Å². The van der Waals surface area contributed by atoms with Crippen LogP contribution in [0.1, 0.15) is 37.2 Å². The lowest BCUT2D eigenvalue weighted by Gasteiger charge is -2.32. The highest BCUT2D eigenvalue weighted by Crippen LogP contribution is 2.37. The minimum atomic E-state index is -0.738. The molecule has 1 aromatic rings. The van der Waals surface area contributed by atoms with Crippen molar-refractivity contribution in [3.63, 3.8) is 0 Å². The number of carboxylic acid groups (broad SMARTS) is 1. The molecule has 1 saturated carbocycles. The first-order valence-corrected chi connectivity index (χ1v) is 8.57. The van der Waals surface area contributed by atoms with Gasteiger partial charge in [-0.1, -0.05) is 19.3 Å². The summed E-state index contributed by atoms with van der Waals surface area (Å²) in [5.41, 5.74) is 1.17. The molecule has 0 radical (unpaired) electrons. The lowest BCUT2D eigenvalue weighted by Crippen LogP contribution is -2.42. The van der Waals surface area contributed by atoms with Crippen LogP contribution in [0.3, 0.4) is 0 Å². The van der Waals surface area contributed by atoms with Crippen LogP contribution in [-0.4, -0.2) is 41.4 Å². The molecule has 114 valence electrons. The Morgan fingerprint density at radius 1 is 1.48 bits per heavy atom. The number of carbonyl (C=O) groups is 2. The van der Waals surface area contributed by atoms with Crippen LogP contribution in [0.15, 0.2) is 16.8 Å². The Labute approximate surface area is 128 Å². The van der Waals surface area contributed by atoms with Crippen LogP contribution in [-0.2, 0) is 9.59 Å². The zero-order valence-corrected chi connectivity index (χ0v) is 12.8. The van der Waals surface area contributed by atoms with E-state index < -0.39 is 12.0 Å². The highest BCUT2D eigenvalue weighted by atomic mass is 32.1. The Morgan fingerprint density at radius 2 is 2.29 bits per heavy atom. The Kier molecular flexibility index (Phi) is 4.40. The molecule has 0 spiro atoms. The summed E-state index contributed by atoms with van der Waals surface area (Å²) in [6.45, 7) is 1.26. The van der Waals surface area contributed by atoms with Gasteiger partial charge in [0, 0.05) is 24.9 Å². The number of aliphatic carboxylic acids is 1. The molecular weight excluding hydrogens is 286 g/mol. The summed E-state index contributed by atoms with van der Waals surface area (Å²) in [6.07, 6.45) is 5.28. The number of aldehydes is 1. The SMILES string of the molecule is O=C[C@H]1CN(C(CC2CCC2)C(=O)O)C[C@@H]1c1ccsc1. The fourth-order valence-corrected chi connectivity index (χ4v) is 4.27. The highest BCUT2D eigenvalue weighted by molar-refractivity contribution is 7.08. The lowest BCUT2D eigenvalue weighted by atomic mass is 9.80. The van der Waals surface area contributed by atoms with Crippen molar-refractivity contribution in [3.05, 3.63) is 22.4 Å². The highest BCUT2D eigenvalue weighted by Gasteiger charge is 2.40. The smallest absolute Gasteiger partial charge is 0.320 e. The number of nitrogens with zero attached hydrogens (tertiary/aromatic N) is 1. The lowest BCUT2D eigenvalue weighted by molar-refractivity contribution is -0.144. The molecule has 0 aromatic carbocycles. The molecule has 21 heavy (non-hydrogen) atoms. The van der Waals surface area contributed by atoms with E-state index in [-0.39, 0.29) is 11.8 Å². The first kappa shape index (κ1) is 14.7. The third kappa shape index (κ3) is 3.04. The van der Waals surface area contributed by atoms with Crippen LogP contribution in [0.4, 0.5) is 0 Å². The van der Waals surface area contributed by atoms with Crippen LogP contribution in [0.2, 0.25) is 0 Å². The van der Waals surface area contributed by atoms with Gasteiger partial charge < -0.3 is 9.90 Å². The molecule has 1 aromatic heterocycles. The van der Waals surface area contributed by atoms with E-state index in [0.29, 0.717) is 19.0 Å². The Balaban J connectivity index is 1.72. The second-order valence-corrected chi connectivity index (χ2v) is 7.08. The maximum Gasteiger partial charge on any atom is 0.320 e. The molecule has 3 atom stereocenters. The van der Waals surface area contributed by atoms with Crippen molar-refractivity contribution < 1.29 is 14.7 Å². The molecule has 1 aliphatic carbocycles. The van der Waals surface area contributed by atoms with Crippen LogP contribution >= 0.6 is 11.3 Å². The first-order valence-electron chi connectivity index (χ1n) is 7.63. The van der Waals surface area contributed by atoms with Crippen molar-refractivity contribution in [2.45, 2.75) is 37.6 Å². The minimum absolute atomic E-state index is 0.0807. The predicted octanol–water partition coefficient (Wildman–Crippen LogP) is 2.61. The molecular formula is C16H21NO3S. The second kappa shape index (κ2) is 6.28. The number of hydrogen-bond acceptors (Lipinski definition) is 4. The summed E-state index contributed by atoms with van der Waals surface area (Å²) < 4.78 is 0. The second-order valence-electron chi connectivity index (χ2n) is 6.30. The van der Waals surface area contributed by atoms with Crippen LogP contribution in [0.25, 0.3) is 0 Å². The molecule has 2 fully saturated rings. The zero-order valence-electron chi connectivity index (χ0n) is 12.0. The summed E-state index contributed by atoms with van der Waals surface area (Å²) >= 11 is 1.63. The molecule has 2 aliphatic rings. The van der Waals surface area contributed by atoms with Crippen molar-refractivity contribution in [2.75, 3.05) is 13.1 Å². The van der Waals surface area contributed by atoms with Gasteiger partial charge in [0.15, 0.2) is 0 Å². The minimum Gasteiger partial charge on any atom is -0.480 e. The van der Waals surface area contributed by atoms with Crippen LogP contribution < -0.4 is 0 Å². The first-order chi connectivity index (χ1) is 10.2. The van der Waals surface area contributed by atoms with Gasteiger partial charge >= 0.3 is 5.97 Å². The summed E-state index contributed by atoms with van der Waals surface area (Å²) in [6, 6.07) is 1.62. The number of carboxylic acids is 1. The van der Waals surface area contributed by atoms with Crippen molar-refractivity contribution in [3.8, 4) is 0 Å². The summed E-state index contributed by atoms with van der Waals surface area (Å²) in [7, 11) is 0. The molecule has 1 unspecified atom stereocenters. The Bertz CT molecular complexity index is 498. The van der Waals surface area contributed by atoms with E-state index in [2.05, 4.69) is 11.4 Å². The molecule has 1 saturated heterocycles. The third-order valence-corrected chi connectivity index (χ3v) is 5.75. The topological polar surface area (TPSA) is 57.6 Å². The van der Waals surface area contributed by atoms with Crippen LogP contribution in [0, 0.1) is 11.8 Å². The predicted molar refractivity (Wildman–Crippen MR) is 81.6 cm³/mol. The number of thiophene rings is 1. The van der Waals surface area contributed by atoms with Gasteiger partial charge in [-0.15, -0.1) is 0 Å². The number of carbonyl (C=O) groups excluding carboxylic acids is 1. The van der Waals surface area contributed by atoms with Gasteiger partial charge in [0.25, 0.3) is 0 Å². The number of rotatable bonds is 6. The molecule has 3 rings (SSSR count). The Hall–Kier alpha value is -1.20. The normalized spacial score (nSPS) is 28.2. The zero-order chi connectivity index (χ0) is 14.8. The van der Waals surface area contributed by atoms with Gasteiger partial charge in [-0.25, -0.2) is 0 Å². The fraction of sp³-hybridized carbons (Fsp3) is 0.625. The summed E-state index contributed by atoms with van der Waals surface area (Å²) in [4.78, 5) is 25.0. The van der Waals surface area contributed by atoms with E-state index in [1.54, 1.807) is 11.3 Å². The van der Waals surface area contributed by atoms with E-state index >= 15 is 0 Å². The monoisotopic (exact) mass is 307 g/mol. The van der Waals surface area contributed by atoms with Gasteiger partial charge in [0.05, 0.1) is 0 Å². The molecule has 0 bridgehead atoms. The van der Waals surface area contributed by atoms with Crippen LogP contribution in [0.5, 0.6) is 0 Å². The maximum absolute atomic E-state index is 11.6. The third-order valence-electron chi connectivity index (χ3n) is 5.05. The largest absolute Gasteiger partial charge is 0.480 e. The van der Waals surface area contributed by atoms with Gasteiger partial charge in [-0.3, -0.25) is 9.69 Å². The van der Waals surface area contributed by atoms with Crippen molar-refractivity contribution in [2.24, 2.45) is 11.8 Å². The average Bonchev–Trinajstić information content (AvgIpc) is 3.05. The maximum atomic E-state index is 11.6. The van der Waals surface area contributed by atoms with E-state index in [0.717, 1.165) is 25.5 Å².